The van der Waals surface area contributed by atoms with Crippen LogP contribution in [0.15, 0.2) is 24.3 Å². The van der Waals surface area contributed by atoms with E-state index in [0.29, 0.717) is 12.4 Å². The summed E-state index contributed by atoms with van der Waals surface area (Å²) in [6, 6.07) is 6.79. The molecule has 0 spiro atoms. The molecule has 3 fully saturated rings. The first-order valence-electron chi connectivity index (χ1n) is 10.3. The van der Waals surface area contributed by atoms with E-state index in [1.54, 1.807) is 12.1 Å². The first-order chi connectivity index (χ1) is 14.0. The van der Waals surface area contributed by atoms with Crippen molar-refractivity contribution >= 4 is 17.8 Å². The molecule has 0 bridgehead atoms. The lowest BCUT2D eigenvalue weighted by Gasteiger charge is -2.26. The Kier molecular flexibility index (Phi) is 5.34. The van der Waals surface area contributed by atoms with Gasteiger partial charge in [-0.3, -0.25) is 14.5 Å². The molecular weight excluding hydrogens is 374 g/mol. The highest BCUT2D eigenvalue weighted by Gasteiger charge is 2.65. The number of nitrogens with one attached hydrogen (secondary N) is 2. The molecule has 8 heteroatoms. The van der Waals surface area contributed by atoms with Gasteiger partial charge in [-0.25, -0.2) is 4.79 Å². The van der Waals surface area contributed by atoms with E-state index < -0.39 is 11.6 Å². The molecule has 0 unspecified atom stereocenters. The van der Waals surface area contributed by atoms with Crippen molar-refractivity contribution in [2.75, 3.05) is 26.3 Å². The summed E-state index contributed by atoms with van der Waals surface area (Å²) in [5, 5.41) is 5.63. The average Bonchev–Trinajstić information content (AvgIpc) is 3.62. The molecule has 2 aliphatic carbocycles. The molecule has 156 valence electrons. The topological polar surface area (TPSA) is 97.0 Å². The zero-order valence-corrected chi connectivity index (χ0v) is 16.6. The van der Waals surface area contributed by atoms with Gasteiger partial charge in [0.1, 0.15) is 30.2 Å². The Labute approximate surface area is 169 Å². The number of carbonyl (C=O) groups is 3. The molecular formula is C21H27N3O5. The zero-order chi connectivity index (χ0) is 20.4. The third-order valence-electron chi connectivity index (χ3n) is 5.73. The van der Waals surface area contributed by atoms with E-state index in [1.807, 2.05) is 19.1 Å². The van der Waals surface area contributed by atoms with Crippen molar-refractivity contribution in [2.45, 2.75) is 38.1 Å². The normalized spacial score (nSPS) is 20.4. The van der Waals surface area contributed by atoms with Crippen LogP contribution in [0.2, 0.25) is 0 Å². The van der Waals surface area contributed by atoms with E-state index in [9.17, 15) is 14.4 Å². The van der Waals surface area contributed by atoms with Gasteiger partial charge in [0.15, 0.2) is 0 Å². The third kappa shape index (κ3) is 4.02. The van der Waals surface area contributed by atoms with E-state index in [2.05, 4.69) is 10.6 Å². The second-order valence-corrected chi connectivity index (χ2v) is 7.84. The van der Waals surface area contributed by atoms with Gasteiger partial charge in [0.2, 0.25) is 5.91 Å². The molecule has 1 aromatic carbocycles. The number of imide groups is 1. The molecule has 29 heavy (non-hydrogen) atoms. The third-order valence-corrected chi connectivity index (χ3v) is 5.73. The summed E-state index contributed by atoms with van der Waals surface area (Å²) in [4.78, 5) is 38.6. The van der Waals surface area contributed by atoms with Crippen LogP contribution in [0.5, 0.6) is 11.5 Å². The molecule has 0 radical (unpaired) electrons. The van der Waals surface area contributed by atoms with Crippen LogP contribution in [0.4, 0.5) is 4.79 Å². The van der Waals surface area contributed by atoms with Gasteiger partial charge in [-0.2, -0.15) is 0 Å². The number of hydrogen-bond donors (Lipinski definition) is 2. The highest BCUT2D eigenvalue weighted by Crippen LogP contribution is 2.54. The fourth-order valence-corrected chi connectivity index (χ4v) is 4.08. The fourth-order valence-electron chi connectivity index (χ4n) is 4.08. The minimum Gasteiger partial charge on any atom is -0.494 e. The lowest BCUT2D eigenvalue weighted by molar-refractivity contribution is -0.136. The first kappa shape index (κ1) is 19.5. The van der Waals surface area contributed by atoms with Crippen LogP contribution in [0.1, 0.15) is 32.6 Å². The van der Waals surface area contributed by atoms with Crippen molar-refractivity contribution in [3.8, 4) is 11.5 Å². The standard InChI is InChI=1S/C21H27N3O5/c1-2-28-16-7-9-17(10-8-16)29-12-11-22-18(25)13-24-19(26)21(14-3-4-14,15-5-6-15)23-20(24)27/h7-10,14-15H,2-6,11-13H2,1H3,(H,22,25)(H,23,27). The van der Waals surface area contributed by atoms with Crippen molar-refractivity contribution < 1.29 is 23.9 Å². The van der Waals surface area contributed by atoms with Gasteiger partial charge in [0, 0.05) is 0 Å². The lowest BCUT2D eigenvalue weighted by atomic mass is 9.87. The van der Waals surface area contributed by atoms with Crippen LogP contribution in [0.3, 0.4) is 0 Å². The number of rotatable bonds is 10. The highest BCUT2D eigenvalue weighted by molar-refractivity contribution is 6.09. The van der Waals surface area contributed by atoms with Crippen LogP contribution in [-0.4, -0.2) is 54.6 Å². The predicted molar refractivity (Wildman–Crippen MR) is 105 cm³/mol. The maximum Gasteiger partial charge on any atom is 0.325 e. The summed E-state index contributed by atoms with van der Waals surface area (Å²) < 4.78 is 11.0. The van der Waals surface area contributed by atoms with E-state index in [1.165, 1.54) is 0 Å². The maximum atomic E-state index is 13.0. The Bertz CT molecular complexity index is 774. The number of carbonyl (C=O) groups excluding carboxylic acids is 3. The lowest BCUT2D eigenvalue weighted by Crippen LogP contribution is -2.51. The van der Waals surface area contributed by atoms with Crippen molar-refractivity contribution in [1.82, 2.24) is 15.5 Å². The number of ether oxygens (including phenoxy) is 2. The Balaban J connectivity index is 1.22. The van der Waals surface area contributed by atoms with Crippen LogP contribution < -0.4 is 20.1 Å². The maximum absolute atomic E-state index is 13.0. The summed E-state index contributed by atoms with van der Waals surface area (Å²) in [6.45, 7) is 2.84. The summed E-state index contributed by atoms with van der Waals surface area (Å²) >= 11 is 0. The molecule has 0 atom stereocenters. The van der Waals surface area contributed by atoms with Crippen molar-refractivity contribution in [2.24, 2.45) is 11.8 Å². The molecule has 4 rings (SSSR count). The number of nitrogens with zero attached hydrogens (tertiary/aromatic N) is 1. The first-order valence-corrected chi connectivity index (χ1v) is 10.3. The molecule has 2 saturated carbocycles. The van der Waals surface area contributed by atoms with E-state index in [4.69, 9.17) is 9.47 Å². The molecule has 1 saturated heterocycles. The largest absolute Gasteiger partial charge is 0.494 e. The van der Waals surface area contributed by atoms with Crippen LogP contribution in [-0.2, 0) is 9.59 Å². The molecule has 1 aliphatic heterocycles. The van der Waals surface area contributed by atoms with Gasteiger partial charge in [0.25, 0.3) is 5.91 Å². The van der Waals surface area contributed by atoms with E-state index in [-0.39, 0.29) is 43.3 Å². The fraction of sp³-hybridized carbons (Fsp3) is 0.571. The average molecular weight is 401 g/mol. The Morgan fingerprint density at radius 2 is 1.69 bits per heavy atom. The molecule has 1 heterocycles. The molecule has 8 nitrogen and oxygen atoms in total. The molecule has 3 aliphatic rings. The van der Waals surface area contributed by atoms with Crippen molar-refractivity contribution in [3.05, 3.63) is 24.3 Å². The van der Waals surface area contributed by atoms with Gasteiger partial charge >= 0.3 is 6.03 Å². The number of amides is 4. The zero-order valence-electron chi connectivity index (χ0n) is 16.6. The monoisotopic (exact) mass is 401 g/mol. The molecule has 2 N–H and O–H groups in total. The summed E-state index contributed by atoms with van der Waals surface area (Å²) in [5.41, 5.74) is -0.756. The summed E-state index contributed by atoms with van der Waals surface area (Å²) in [7, 11) is 0. The SMILES string of the molecule is CCOc1ccc(OCCNC(=O)CN2C(=O)NC(C3CC3)(C3CC3)C2=O)cc1. The van der Waals surface area contributed by atoms with Crippen LogP contribution >= 0.6 is 0 Å². The van der Waals surface area contributed by atoms with Crippen LogP contribution in [0, 0.1) is 11.8 Å². The Morgan fingerprint density at radius 3 is 2.24 bits per heavy atom. The Hall–Kier alpha value is -2.77. The Morgan fingerprint density at radius 1 is 1.10 bits per heavy atom. The quantitative estimate of drug-likeness (QED) is 0.459. The smallest absolute Gasteiger partial charge is 0.325 e. The molecule has 0 aromatic heterocycles. The number of benzene rings is 1. The minimum absolute atomic E-state index is 0.224. The van der Waals surface area contributed by atoms with Gasteiger partial charge < -0.3 is 20.1 Å². The number of urea groups is 1. The van der Waals surface area contributed by atoms with Gasteiger partial charge in [-0.15, -0.1) is 0 Å². The van der Waals surface area contributed by atoms with Gasteiger partial charge in [-0.05, 0) is 68.7 Å². The molecule has 4 amide bonds. The summed E-state index contributed by atoms with van der Waals surface area (Å²) in [6.07, 6.45) is 3.85. The molecule has 1 aromatic rings. The highest BCUT2D eigenvalue weighted by atomic mass is 16.5. The minimum atomic E-state index is -0.756. The summed E-state index contributed by atoms with van der Waals surface area (Å²) in [5.74, 6) is 1.30. The van der Waals surface area contributed by atoms with Crippen molar-refractivity contribution in [3.63, 3.8) is 0 Å². The van der Waals surface area contributed by atoms with Crippen LogP contribution in [0.25, 0.3) is 0 Å². The second-order valence-electron chi connectivity index (χ2n) is 7.84. The van der Waals surface area contributed by atoms with E-state index in [0.717, 1.165) is 36.3 Å². The van der Waals surface area contributed by atoms with E-state index >= 15 is 0 Å². The van der Waals surface area contributed by atoms with Gasteiger partial charge in [-0.1, -0.05) is 0 Å². The number of hydrogen-bond acceptors (Lipinski definition) is 5. The second kappa shape index (κ2) is 7.93. The van der Waals surface area contributed by atoms with Crippen molar-refractivity contribution in [1.29, 1.82) is 0 Å². The van der Waals surface area contributed by atoms with Gasteiger partial charge in [0.05, 0.1) is 13.2 Å². The predicted octanol–water partition coefficient (Wildman–Crippen LogP) is 1.69.